The zero-order valence-corrected chi connectivity index (χ0v) is 10.0. The summed E-state index contributed by atoms with van der Waals surface area (Å²) >= 11 is 0. The number of methoxy groups -OCH3 is 1. The van der Waals surface area contributed by atoms with Gasteiger partial charge in [0.1, 0.15) is 5.54 Å². The van der Waals surface area contributed by atoms with Crippen molar-refractivity contribution in [2.24, 2.45) is 0 Å². The molecule has 1 fully saturated rings. The number of hydrogen-bond donors (Lipinski definition) is 1. The van der Waals surface area contributed by atoms with Gasteiger partial charge < -0.3 is 4.74 Å². The van der Waals surface area contributed by atoms with E-state index in [0.717, 1.165) is 19.3 Å². The lowest BCUT2D eigenvalue weighted by Crippen LogP contribution is -2.54. The van der Waals surface area contributed by atoms with Crippen LogP contribution in [0.3, 0.4) is 0 Å². The van der Waals surface area contributed by atoms with Gasteiger partial charge >= 0.3 is 5.97 Å². The van der Waals surface area contributed by atoms with Crippen LogP contribution in [0.25, 0.3) is 0 Å². The summed E-state index contributed by atoms with van der Waals surface area (Å²) in [6, 6.07) is 0. The number of esters is 1. The largest absolute Gasteiger partial charge is 0.468 e. The third-order valence-corrected chi connectivity index (χ3v) is 3.47. The second kappa shape index (κ2) is 4.67. The van der Waals surface area contributed by atoms with E-state index in [9.17, 15) is 13.2 Å². The molecule has 15 heavy (non-hydrogen) atoms. The van der Waals surface area contributed by atoms with Crippen molar-refractivity contribution < 1.29 is 17.9 Å². The Morgan fingerprint density at radius 1 is 1.33 bits per heavy atom. The minimum absolute atomic E-state index is 0.436. The molecule has 0 amide bonds. The Bertz CT molecular complexity index is 335. The molecule has 7 heteroatoms. The summed E-state index contributed by atoms with van der Waals surface area (Å²) in [6.45, 7) is 0. The maximum Gasteiger partial charge on any atom is 0.327 e. The summed E-state index contributed by atoms with van der Waals surface area (Å²) in [7, 11) is 2.43. The summed E-state index contributed by atoms with van der Waals surface area (Å²) in [5.41, 5.74) is -1.16. The van der Waals surface area contributed by atoms with Gasteiger partial charge in [-0.1, -0.05) is 19.3 Å². The smallest absolute Gasteiger partial charge is 0.327 e. The van der Waals surface area contributed by atoms with Gasteiger partial charge in [0, 0.05) is 10.7 Å². The van der Waals surface area contributed by atoms with E-state index in [1.165, 1.54) is 7.11 Å². The van der Waals surface area contributed by atoms with Gasteiger partial charge in [0.2, 0.25) is 0 Å². The first kappa shape index (κ1) is 12.7. The molecule has 0 aromatic carbocycles. The first-order chi connectivity index (χ1) is 6.90. The molecule has 0 aliphatic heterocycles. The number of halogens is 1. The molecule has 1 aliphatic carbocycles. The van der Waals surface area contributed by atoms with Gasteiger partial charge in [-0.2, -0.15) is 13.1 Å². The van der Waals surface area contributed by atoms with E-state index in [1.54, 1.807) is 0 Å². The number of nitrogens with one attached hydrogen (secondary N) is 1. The van der Waals surface area contributed by atoms with E-state index in [-0.39, 0.29) is 0 Å². The number of ether oxygens (including phenoxy) is 1. The quantitative estimate of drug-likeness (QED) is 0.602. The maximum atomic E-state index is 11.6. The predicted molar refractivity (Wildman–Crippen MR) is 55.7 cm³/mol. The van der Waals surface area contributed by atoms with Gasteiger partial charge in [-0.25, -0.2) is 0 Å². The van der Waals surface area contributed by atoms with E-state index in [4.69, 9.17) is 10.7 Å². The molecule has 0 spiro atoms. The molecule has 0 radical (unpaired) electrons. The molecule has 1 aliphatic rings. The van der Waals surface area contributed by atoms with Gasteiger partial charge in [-0.15, -0.1) is 0 Å². The second-order valence-corrected chi connectivity index (χ2v) is 5.97. The van der Waals surface area contributed by atoms with Crippen LogP contribution in [0.2, 0.25) is 0 Å². The Hall–Kier alpha value is -0.330. The highest BCUT2D eigenvalue weighted by molar-refractivity contribution is 8.12. The van der Waals surface area contributed by atoms with Crippen LogP contribution in [-0.2, 0) is 18.8 Å². The summed E-state index contributed by atoms with van der Waals surface area (Å²) in [4.78, 5) is 11.6. The van der Waals surface area contributed by atoms with Crippen LogP contribution < -0.4 is 4.72 Å². The van der Waals surface area contributed by atoms with Gasteiger partial charge in [0.15, 0.2) is 0 Å². The SMILES string of the molecule is COC(=O)C1(NS(=O)(=O)Cl)CCCCC1. The highest BCUT2D eigenvalue weighted by Gasteiger charge is 2.43. The zero-order valence-electron chi connectivity index (χ0n) is 8.45. The fourth-order valence-corrected chi connectivity index (χ4v) is 3.13. The molecule has 1 N–H and O–H groups in total. The van der Waals surface area contributed by atoms with E-state index < -0.39 is 20.7 Å². The number of carbonyl (C=O) groups is 1. The van der Waals surface area contributed by atoms with Gasteiger partial charge in [-0.3, -0.25) is 4.79 Å². The molecule has 0 atom stereocenters. The molecule has 0 unspecified atom stereocenters. The van der Waals surface area contributed by atoms with Crippen molar-refractivity contribution in [2.75, 3.05) is 7.11 Å². The van der Waals surface area contributed by atoms with E-state index in [0.29, 0.717) is 12.8 Å². The Morgan fingerprint density at radius 3 is 2.27 bits per heavy atom. The van der Waals surface area contributed by atoms with Gasteiger partial charge in [0.05, 0.1) is 7.11 Å². The van der Waals surface area contributed by atoms with Crippen molar-refractivity contribution in [2.45, 2.75) is 37.6 Å². The third kappa shape index (κ3) is 3.32. The monoisotopic (exact) mass is 255 g/mol. The fourth-order valence-electron chi connectivity index (χ4n) is 1.93. The molecule has 5 nitrogen and oxygen atoms in total. The number of carbonyl (C=O) groups excluding carboxylic acids is 1. The summed E-state index contributed by atoms with van der Waals surface area (Å²) < 4.78 is 28.7. The topological polar surface area (TPSA) is 72.5 Å². The number of hydrogen-bond acceptors (Lipinski definition) is 4. The molecule has 0 bridgehead atoms. The van der Waals surface area contributed by atoms with Crippen molar-refractivity contribution in [3.8, 4) is 0 Å². The van der Waals surface area contributed by atoms with Crippen molar-refractivity contribution >= 4 is 25.9 Å². The molecule has 1 rings (SSSR count). The molecule has 0 aromatic heterocycles. The standard InChI is InChI=1S/C8H14ClNO4S/c1-14-7(11)8(10-15(9,12)13)5-3-2-4-6-8/h10H,2-6H2,1H3. The van der Waals surface area contributed by atoms with Crippen LogP contribution in [0.5, 0.6) is 0 Å². The average Bonchev–Trinajstić information content (AvgIpc) is 2.15. The fraction of sp³-hybridized carbons (Fsp3) is 0.875. The predicted octanol–water partition coefficient (Wildman–Crippen LogP) is 0.935. The molecule has 1 saturated carbocycles. The summed E-state index contributed by atoms with van der Waals surface area (Å²) in [5.74, 6) is -0.563. The molecular formula is C8H14ClNO4S. The maximum absolute atomic E-state index is 11.6. The van der Waals surface area contributed by atoms with Crippen molar-refractivity contribution in [3.05, 3.63) is 0 Å². The second-order valence-electron chi connectivity index (χ2n) is 3.67. The van der Waals surface area contributed by atoms with E-state index in [2.05, 4.69) is 9.46 Å². The zero-order chi connectivity index (χ0) is 11.5. The molecular weight excluding hydrogens is 242 g/mol. The van der Waals surface area contributed by atoms with Crippen LogP contribution in [-0.4, -0.2) is 27.0 Å². The lowest BCUT2D eigenvalue weighted by molar-refractivity contribution is -0.149. The van der Waals surface area contributed by atoms with Crippen LogP contribution in [0.4, 0.5) is 0 Å². The normalized spacial score (nSPS) is 20.9. The van der Waals surface area contributed by atoms with Crippen molar-refractivity contribution in [3.63, 3.8) is 0 Å². The highest BCUT2D eigenvalue weighted by Crippen LogP contribution is 2.30. The lowest BCUT2D eigenvalue weighted by atomic mass is 9.83. The third-order valence-electron chi connectivity index (χ3n) is 2.60. The van der Waals surface area contributed by atoms with Crippen LogP contribution in [0, 0.1) is 0 Å². The Labute approximate surface area is 93.7 Å². The first-order valence-electron chi connectivity index (χ1n) is 4.72. The highest BCUT2D eigenvalue weighted by atomic mass is 35.7. The van der Waals surface area contributed by atoms with Crippen LogP contribution in [0.15, 0.2) is 0 Å². The Balaban J connectivity index is 2.90. The summed E-state index contributed by atoms with van der Waals surface area (Å²) in [6.07, 6.45) is 3.43. The Kier molecular flexibility index (Phi) is 3.97. The number of rotatable bonds is 3. The first-order valence-corrected chi connectivity index (χ1v) is 7.02. The van der Waals surface area contributed by atoms with Crippen LogP contribution >= 0.6 is 10.7 Å². The van der Waals surface area contributed by atoms with E-state index in [1.807, 2.05) is 0 Å². The Morgan fingerprint density at radius 2 is 1.87 bits per heavy atom. The lowest BCUT2D eigenvalue weighted by Gasteiger charge is -2.33. The molecule has 0 aromatic rings. The summed E-state index contributed by atoms with van der Waals surface area (Å²) in [5, 5.41) is 0. The molecule has 88 valence electrons. The van der Waals surface area contributed by atoms with Crippen LogP contribution in [0.1, 0.15) is 32.1 Å². The van der Waals surface area contributed by atoms with Gasteiger partial charge in [-0.05, 0) is 12.8 Å². The van der Waals surface area contributed by atoms with E-state index >= 15 is 0 Å². The minimum atomic E-state index is -3.92. The van der Waals surface area contributed by atoms with Gasteiger partial charge in [0.25, 0.3) is 9.24 Å². The van der Waals surface area contributed by atoms with Crippen molar-refractivity contribution in [1.29, 1.82) is 0 Å². The van der Waals surface area contributed by atoms with Crippen molar-refractivity contribution in [1.82, 2.24) is 4.72 Å². The molecule has 0 heterocycles. The average molecular weight is 256 g/mol. The molecule has 0 saturated heterocycles. The minimum Gasteiger partial charge on any atom is -0.468 e.